The number of nitrogens with zero attached hydrogens (tertiary/aromatic N) is 1. The zero-order valence-electron chi connectivity index (χ0n) is 8.45. The Morgan fingerprint density at radius 3 is 2.64 bits per heavy atom. The van der Waals surface area contributed by atoms with Gasteiger partial charge in [0, 0.05) is 13.6 Å². The molecule has 0 aromatic heterocycles. The smallest absolute Gasteiger partial charge is 0.407 e. The summed E-state index contributed by atoms with van der Waals surface area (Å²) in [6, 6.07) is 0. The van der Waals surface area contributed by atoms with Crippen LogP contribution in [0.5, 0.6) is 0 Å². The number of likely N-dealkylation sites (N-methyl/N-ethyl adjacent to an activating group) is 1. The molecule has 6 nitrogen and oxygen atoms in total. The van der Waals surface area contributed by atoms with E-state index in [9.17, 15) is 9.59 Å². The van der Waals surface area contributed by atoms with Gasteiger partial charge >= 0.3 is 6.09 Å². The van der Waals surface area contributed by atoms with Gasteiger partial charge in [0.15, 0.2) is 0 Å². The summed E-state index contributed by atoms with van der Waals surface area (Å²) in [5.41, 5.74) is 0. The number of ether oxygens (including phenoxy) is 1. The number of carbonyl (C=O) groups excluding carboxylic acids is 2. The van der Waals surface area contributed by atoms with E-state index in [1.807, 2.05) is 6.92 Å². The van der Waals surface area contributed by atoms with E-state index in [2.05, 4.69) is 10.1 Å². The molecule has 2 N–H and O–H groups in total. The van der Waals surface area contributed by atoms with Gasteiger partial charge in [-0.25, -0.2) is 4.79 Å². The first-order valence-electron chi connectivity index (χ1n) is 4.37. The van der Waals surface area contributed by atoms with Crippen LogP contribution in [0.4, 0.5) is 4.79 Å². The molecular formula is C8H16N2O4. The molecule has 0 aromatic carbocycles. The highest BCUT2D eigenvalue weighted by atomic mass is 16.6. The molecule has 0 rings (SSSR count). The fourth-order valence-corrected chi connectivity index (χ4v) is 0.648. The van der Waals surface area contributed by atoms with Crippen LogP contribution in [-0.4, -0.2) is 55.4 Å². The first kappa shape index (κ1) is 12.7. The van der Waals surface area contributed by atoms with Crippen molar-refractivity contribution in [3.63, 3.8) is 0 Å². The van der Waals surface area contributed by atoms with Crippen LogP contribution in [0.2, 0.25) is 0 Å². The third-order valence-electron chi connectivity index (χ3n) is 1.61. The number of nitrogens with one attached hydrogen (secondary N) is 1. The number of carbonyl (C=O) groups is 2. The Morgan fingerprint density at radius 2 is 2.14 bits per heavy atom. The summed E-state index contributed by atoms with van der Waals surface area (Å²) in [7, 11) is 1.64. The van der Waals surface area contributed by atoms with Gasteiger partial charge in [-0.3, -0.25) is 4.79 Å². The van der Waals surface area contributed by atoms with Crippen molar-refractivity contribution < 1.29 is 19.4 Å². The van der Waals surface area contributed by atoms with Gasteiger partial charge in [0.1, 0.15) is 13.2 Å². The number of hydrogen-bond donors (Lipinski definition) is 2. The summed E-state index contributed by atoms with van der Waals surface area (Å²) in [5, 5.41) is 10.6. The number of amides is 2. The van der Waals surface area contributed by atoms with E-state index < -0.39 is 6.09 Å². The van der Waals surface area contributed by atoms with Crippen molar-refractivity contribution in [2.24, 2.45) is 0 Å². The first-order valence-corrected chi connectivity index (χ1v) is 4.37. The minimum atomic E-state index is -0.697. The molecule has 0 saturated heterocycles. The molecular weight excluding hydrogens is 188 g/mol. The van der Waals surface area contributed by atoms with E-state index >= 15 is 0 Å². The van der Waals surface area contributed by atoms with Gasteiger partial charge in [-0.1, -0.05) is 0 Å². The van der Waals surface area contributed by atoms with Crippen LogP contribution in [-0.2, 0) is 9.53 Å². The Kier molecular flexibility index (Phi) is 6.47. The predicted molar refractivity (Wildman–Crippen MR) is 49.7 cm³/mol. The minimum Gasteiger partial charge on any atom is -0.447 e. The summed E-state index contributed by atoms with van der Waals surface area (Å²) >= 11 is 0. The molecule has 14 heavy (non-hydrogen) atoms. The van der Waals surface area contributed by atoms with Crippen molar-refractivity contribution in [1.82, 2.24) is 10.2 Å². The summed E-state index contributed by atoms with van der Waals surface area (Å²) in [6.07, 6.45) is -0.697. The molecule has 0 aromatic rings. The Labute approximate surface area is 82.8 Å². The van der Waals surface area contributed by atoms with Crippen molar-refractivity contribution in [2.45, 2.75) is 6.92 Å². The highest BCUT2D eigenvalue weighted by Gasteiger charge is 2.08. The molecule has 82 valence electrons. The number of rotatable bonds is 5. The first-order chi connectivity index (χ1) is 6.61. The van der Waals surface area contributed by atoms with Crippen molar-refractivity contribution >= 4 is 12.0 Å². The largest absolute Gasteiger partial charge is 0.447 e. The third kappa shape index (κ3) is 5.36. The second kappa shape index (κ2) is 7.14. The van der Waals surface area contributed by atoms with E-state index in [0.717, 1.165) is 0 Å². The molecule has 0 spiro atoms. The lowest BCUT2D eigenvalue weighted by Crippen LogP contribution is -2.38. The topological polar surface area (TPSA) is 78.9 Å². The SMILES string of the molecule is CCN(C)C(=O)CNC(=O)OCCO. The molecule has 0 radical (unpaired) electrons. The molecule has 0 aliphatic rings. The molecule has 2 amide bonds. The summed E-state index contributed by atoms with van der Waals surface area (Å²) < 4.78 is 4.48. The molecule has 0 saturated carbocycles. The Hall–Kier alpha value is -1.30. The van der Waals surface area contributed by atoms with E-state index in [-0.39, 0.29) is 25.7 Å². The molecule has 0 aliphatic carbocycles. The lowest BCUT2D eigenvalue weighted by Gasteiger charge is -2.14. The van der Waals surface area contributed by atoms with E-state index in [0.29, 0.717) is 6.54 Å². The highest BCUT2D eigenvalue weighted by Crippen LogP contribution is 1.83. The average molecular weight is 204 g/mol. The zero-order valence-corrected chi connectivity index (χ0v) is 8.45. The maximum absolute atomic E-state index is 11.2. The van der Waals surface area contributed by atoms with Crippen molar-refractivity contribution in [1.29, 1.82) is 0 Å². The van der Waals surface area contributed by atoms with Crippen LogP contribution in [0.3, 0.4) is 0 Å². The van der Waals surface area contributed by atoms with Crippen molar-refractivity contribution in [3.05, 3.63) is 0 Å². The van der Waals surface area contributed by atoms with E-state index in [4.69, 9.17) is 5.11 Å². The van der Waals surface area contributed by atoms with Crippen LogP contribution in [0.15, 0.2) is 0 Å². The van der Waals surface area contributed by atoms with E-state index in [1.165, 1.54) is 4.90 Å². The van der Waals surface area contributed by atoms with Crippen LogP contribution < -0.4 is 5.32 Å². The molecule has 0 bridgehead atoms. The molecule has 0 aliphatic heterocycles. The summed E-state index contributed by atoms with van der Waals surface area (Å²) in [6.45, 7) is 2.04. The second-order valence-electron chi connectivity index (χ2n) is 2.62. The molecule has 0 atom stereocenters. The number of aliphatic hydroxyl groups is 1. The number of alkyl carbamates (subject to hydrolysis) is 1. The predicted octanol–water partition coefficient (Wildman–Crippen LogP) is -0.817. The normalized spacial score (nSPS) is 9.36. The fraction of sp³-hybridized carbons (Fsp3) is 0.750. The van der Waals surface area contributed by atoms with Gasteiger partial charge in [0.2, 0.25) is 5.91 Å². The highest BCUT2D eigenvalue weighted by molar-refractivity contribution is 5.81. The van der Waals surface area contributed by atoms with Crippen LogP contribution in [0.25, 0.3) is 0 Å². The quantitative estimate of drug-likeness (QED) is 0.613. The van der Waals surface area contributed by atoms with Gasteiger partial charge < -0.3 is 20.1 Å². The zero-order chi connectivity index (χ0) is 11.0. The average Bonchev–Trinajstić information content (AvgIpc) is 2.21. The molecule has 0 fully saturated rings. The Balaban J connectivity index is 3.61. The standard InChI is InChI=1S/C8H16N2O4/c1-3-10(2)7(12)6-9-8(13)14-5-4-11/h11H,3-6H2,1-2H3,(H,9,13). The van der Waals surface area contributed by atoms with Crippen molar-refractivity contribution in [3.8, 4) is 0 Å². The van der Waals surface area contributed by atoms with Gasteiger partial charge in [-0.05, 0) is 6.92 Å². The van der Waals surface area contributed by atoms with Crippen LogP contribution in [0.1, 0.15) is 6.92 Å². The third-order valence-corrected chi connectivity index (χ3v) is 1.61. The van der Waals surface area contributed by atoms with Crippen LogP contribution in [0, 0.1) is 0 Å². The molecule has 0 unspecified atom stereocenters. The lowest BCUT2D eigenvalue weighted by molar-refractivity contribution is -0.128. The minimum absolute atomic E-state index is 0.0658. The maximum Gasteiger partial charge on any atom is 0.407 e. The monoisotopic (exact) mass is 204 g/mol. The molecule has 6 heteroatoms. The lowest BCUT2D eigenvalue weighted by atomic mass is 10.5. The number of hydrogen-bond acceptors (Lipinski definition) is 4. The Morgan fingerprint density at radius 1 is 1.50 bits per heavy atom. The van der Waals surface area contributed by atoms with Gasteiger partial charge in [-0.15, -0.1) is 0 Å². The number of aliphatic hydroxyl groups excluding tert-OH is 1. The fourth-order valence-electron chi connectivity index (χ4n) is 0.648. The summed E-state index contributed by atoms with van der Waals surface area (Å²) in [5.74, 6) is -0.187. The maximum atomic E-state index is 11.2. The van der Waals surface area contributed by atoms with Crippen molar-refractivity contribution in [2.75, 3.05) is 33.4 Å². The molecule has 0 heterocycles. The van der Waals surface area contributed by atoms with Gasteiger partial charge in [0.25, 0.3) is 0 Å². The van der Waals surface area contributed by atoms with Crippen LogP contribution >= 0.6 is 0 Å². The van der Waals surface area contributed by atoms with Gasteiger partial charge in [-0.2, -0.15) is 0 Å². The van der Waals surface area contributed by atoms with E-state index in [1.54, 1.807) is 7.05 Å². The van der Waals surface area contributed by atoms with Gasteiger partial charge in [0.05, 0.1) is 6.61 Å². The second-order valence-corrected chi connectivity index (χ2v) is 2.62. The Bertz CT molecular complexity index is 196. The summed E-state index contributed by atoms with van der Waals surface area (Å²) in [4.78, 5) is 23.4.